The van der Waals surface area contributed by atoms with E-state index in [9.17, 15) is 38.0 Å². The van der Waals surface area contributed by atoms with Gasteiger partial charge in [-0.3, -0.25) is 9.83 Å². The van der Waals surface area contributed by atoms with Gasteiger partial charge >= 0.3 is 88.7 Å². The molecule has 0 saturated carbocycles. The molecule has 0 saturated heterocycles. The van der Waals surface area contributed by atoms with Crippen molar-refractivity contribution >= 4 is 56.2 Å². The molecule has 1 amide bonds. The van der Waals surface area contributed by atoms with Crippen molar-refractivity contribution in [3.8, 4) is 0 Å². The fraction of sp³-hybridized carbons (Fsp3) is 0.0476. The van der Waals surface area contributed by atoms with Crippen molar-refractivity contribution in [2.75, 3.05) is 5.32 Å². The van der Waals surface area contributed by atoms with E-state index in [-0.39, 0.29) is 121 Å². The zero-order valence-electron chi connectivity index (χ0n) is 21.0. The third-order valence-corrected chi connectivity index (χ3v) is 5.94. The molecule has 13 nitrogen and oxygen atoms in total. The number of anilines is 1. The summed E-state index contributed by atoms with van der Waals surface area (Å²) in [6, 6.07) is 11.8. The average Bonchev–Trinajstić information content (AvgIpc) is 2.81. The van der Waals surface area contributed by atoms with E-state index in [1.807, 2.05) is 0 Å². The van der Waals surface area contributed by atoms with E-state index >= 15 is 0 Å². The molecule has 3 aromatic carbocycles. The fourth-order valence-electron chi connectivity index (χ4n) is 2.99. The van der Waals surface area contributed by atoms with Gasteiger partial charge in [-0.1, -0.05) is 24.3 Å². The number of azo groups is 1. The largest absolute Gasteiger partial charge is 1.00 e. The van der Waals surface area contributed by atoms with E-state index in [1.54, 1.807) is 0 Å². The molecule has 0 atom stereocenters. The van der Waals surface area contributed by atoms with Crippen LogP contribution in [0.1, 0.15) is 17.3 Å². The number of hydrogen-bond acceptors (Lipinski definition) is 13. The smallest absolute Gasteiger partial charge is 0.744 e. The summed E-state index contributed by atoms with van der Waals surface area (Å²) < 4.78 is 39.6. The van der Waals surface area contributed by atoms with Crippen LogP contribution in [0.4, 0.5) is 11.4 Å². The van der Waals surface area contributed by atoms with E-state index in [0.717, 1.165) is 13.0 Å². The molecule has 0 aliphatic rings. The maximum Gasteiger partial charge on any atom is 1.00 e. The Hall–Kier alpha value is -0.860. The third kappa shape index (κ3) is 10.5. The maximum atomic E-state index is 12.7. The Morgan fingerprint density at radius 3 is 2.31 bits per heavy atom. The van der Waals surface area contributed by atoms with Gasteiger partial charge in [0.15, 0.2) is 5.70 Å². The van der Waals surface area contributed by atoms with Crippen LogP contribution in [0, 0.1) is 0 Å². The number of carbonyl (C=O) groups is 2. The molecule has 18 heteroatoms. The van der Waals surface area contributed by atoms with Gasteiger partial charge in [0, 0.05) is 21.5 Å². The second-order valence-electron chi connectivity index (χ2n) is 6.92. The summed E-state index contributed by atoms with van der Waals surface area (Å²) in [7, 11) is -4.99. The average molecular weight is 601 g/mol. The first-order valence-electron chi connectivity index (χ1n) is 9.61. The molecular formula is C21H14N3Na3O10S2. The summed E-state index contributed by atoms with van der Waals surface area (Å²) >= 11 is 0.389. The minimum absolute atomic E-state index is 0. The van der Waals surface area contributed by atoms with Gasteiger partial charge < -0.3 is 30.1 Å². The Balaban J connectivity index is 0.00000481. The first-order chi connectivity index (χ1) is 17.0. The normalized spacial score (nSPS) is 11.6. The first kappa shape index (κ1) is 38.1. The molecule has 0 unspecified atom stereocenters. The summed E-state index contributed by atoms with van der Waals surface area (Å²) in [4.78, 5) is 23.4. The van der Waals surface area contributed by atoms with Crippen LogP contribution >= 0.6 is 12.0 Å². The van der Waals surface area contributed by atoms with Crippen LogP contribution in [-0.2, 0) is 24.3 Å². The number of carboxylic acid groups (broad SMARTS) is 1. The molecule has 3 aromatic rings. The zero-order chi connectivity index (χ0) is 26.5. The Kier molecular flexibility index (Phi) is 16.8. The number of nitrogens with zero attached hydrogens (tertiary/aromatic N) is 2. The number of carbonyl (C=O) groups excluding carboxylic acids is 2. The van der Waals surface area contributed by atoms with Crippen molar-refractivity contribution < 1.29 is 136 Å². The molecular weight excluding hydrogens is 587 g/mol. The van der Waals surface area contributed by atoms with E-state index in [0.29, 0.717) is 12.0 Å². The van der Waals surface area contributed by atoms with Crippen LogP contribution in [0.5, 0.6) is 0 Å². The number of fused-ring (bicyclic) bond motifs is 1. The molecule has 3 rings (SSSR count). The van der Waals surface area contributed by atoms with Crippen LogP contribution < -0.4 is 104 Å². The fourth-order valence-corrected chi connectivity index (χ4v) is 4.23. The monoisotopic (exact) mass is 601 g/mol. The summed E-state index contributed by atoms with van der Waals surface area (Å²) in [6.45, 7) is 1.15. The van der Waals surface area contributed by atoms with Crippen LogP contribution in [0.3, 0.4) is 0 Å². The van der Waals surface area contributed by atoms with Crippen molar-refractivity contribution in [3.05, 3.63) is 71.6 Å². The van der Waals surface area contributed by atoms with E-state index in [4.69, 9.17) is 0 Å². The third-order valence-electron chi connectivity index (χ3n) is 4.51. The molecule has 0 heterocycles. The quantitative estimate of drug-likeness (QED) is 0.0344. The number of rotatable bonds is 9. The summed E-state index contributed by atoms with van der Waals surface area (Å²) in [5.41, 5.74) is -0.954. The van der Waals surface area contributed by atoms with Gasteiger partial charge in [0.1, 0.15) is 15.9 Å². The topological polar surface area (TPSA) is 213 Å². The number of amides is 1. The minimum atomic E-state index is -4.99. The van der Waals surface area contributed by atoms with Crippen LogP contribution in [0.2, 0.25) is 0 Å². The number of aromatic carboxylic acids is 1. The standard InChI is InChI=1S/C21H17N3O10S2.3Na/c1-11(25)19(24-23-17-5-3-2-4-15(17)21(27)28)20(26)22-13-7-6-12-8-14(35-34-33-29)10-18(16(12)9-13)36(30,31)32;;;/h2-10,25,29H,1H3,(H,22,26)(H,27,28)(H,30,31,32);;;/q;3*+1/p-3/b19-11-,24-23?;;;. The number of benzene rings is 3. The Bertz CT molecular complexity index is 1510. The molecule has 2 N–H and O–H groups in total. The summed E-state index contributed by atoms with van der Waals surface area (Å²) in [6.07, 6.45) is 0. The van der Waals surface area contributed by atoms with E-state index < -0.39 is 38.3 Å². The van der Waals surface area contributed by atoms with Gasteiger partial charge in [-0.25, -0.2) is 8.42 Å². The van der Waals surface area contributed by atoms with Crippen molar-refractivity contribution in [1.82, 2.24) is 0 Å². The molecule has 188 valence electrons. The molecule has 39 heavy (non-hydrogen) atoms. The predicted molar refractivity (Wildman–Crippen MR) is 119 cm³/mol. The van der Waals surface area contributed by atoms with Crippen LogP contribution in [0.15, 0.2) is 86.1 Å². The number of nitrogens with one attached hydrogen (secondary N) is 1. The van der Waals surface area contributed by atoms with Gasteiger partial charge in [-0.15, -0.1) is 10.2 Å². The second kappa shape index (κ2) is 17.2. The Labute approximate surface area is 292 Å². The van der Waals surface area contributed by atoms with Crippen molar-refractivity contribution in [2.24, 2.45) is 10.2 Å². The number of hydrogen-bond donors (Lipinski definition) is 2. The minimum Gasteiger partial charge on any atom is -0.744 e. The van der Waals surface area contributed by atoms with Crippen molar-refractivity contribution in [1.29, 1.82) is 0 Å². The number of aliphatic hydroxyl groups excluding tert-OH is 1. The maximum absolute atomic E-state index is 12.7. The summed E-state index contributed by atoms with van der Waals surface area (Å²) in [5, 5.41) is 44.3. The van der Waals surface area contributed by atoms with E-state index in [1.165, 1.54) is 48.5 Å². The van der Waals surface area contributed by atoms with Gasteiger partial charge in [0.05, 0.1) is 28.6 Å². The molecule has 0 aliphatic carbocycles. The molecule has 0 aliphatic heterocycles. The van der Waals surface area contributed by atoms with Gasteiger partial charge in [0.25, 0.3) is 5.91 Å². The Morgan fingerprint density at radius 1 is 1.05 bits per heavy atom. The Morgan fingerprint density at radius 2 is 1.72 bits per heavy atom. The predicted octanol–water partition coefficient (Wildman–Crippen LogP) is -7.14. The number of aliphatic hydroxyl groups is 1. The number of allylic oxidation sites excluding steroid dienone is 1. The molecule has 0 radical (unpaired) electrons. The summed E-state index contributed by atoms with van der Waals surface area (Å²) in [5.74, 6) is -3.04. The molecule has 0 spiro atoms. The first-order valence-corrected chi connectivity index (χ1v) is 11.8. The molecule has 0 fully saturated rings. The number of carboxylic acids is 1. The molecule has 0 bridgehead atoms. The SMILES string of the molecule is C/C(O)=C(/N=Nc1ccccc1C(=O)[O-])C(=O)Nc1ccc2cc(SOO[O-])cc(S(=O)(=O)[O-])c2c1.[Na+].[Na+].[Na+]. The van der Waals surface area contributed by atoms with Crippen LogP contribution in [-0.4, -0.2) is 30.0 Å². The second-order valence-corrected chi connectivity index (χ2v) is 9.05. The van der Waals surface area contributed by atoms with Crippen molar-refractivity contribution in [2.45, 2.75) is 16.7 Å². The van der Waals surface area contributed by atoms with E-state index in [2.05, 4.69) is 24.9 Å². The molecule has 0 aromatic heterocycles. The van der Waals surface area contributed by atoms with Crippen molar-refractivity contribution in [3.63, 3.8) is 0 Å². The van der Waals surface area contributed by atoms with Gasteiger partial charge in [-0.2, -0.15) is 4.33 Å². The zero-order valence-corrected chi connectivity index (χ0v) is 28.7. The van der Waals surface area contributed by atoms with Gasteiger partial charge in [-0.05, 0) is 42.6 Å². The van der Waals surface area contributed by atoms with Gasteiger partial charge in [0.2, 0.25) is 0 Å². The van der Waals surface area contributed by atoms with Crippen LogP contribution in [0.25, 0.3) is 10.8 Å².